The van der Waals surface area contributed by atoms with Crippen LogP contribution in [0.3, 0.4) is 0 Å². The first-order valence-corrected chi connectivity index (χ1v) is 7.18. The number of Topliss-reactive ketones (excluding diaryl/α,β-unsaturated/α-hetero) is 1. The lowest BCUT2D eigenvalue weighted by molar-refractivity contribution is -0.150. The lowest BCUT2D eigenvalue weighted by Gasteiger charge is -2.44. The van der Waals surface area contributed by atoms with Gasteiger partial charge in [0.15, 0.2) is 0 Å². The molecule has 18 heavy (non-hydrogen) atoms. The van der Waals surface area contributed by atoms with Gasteiger partial charge < -0.3 is 4.90 Å². The van der Waals surface area contributed by atoms with Crippen LogP contribution in [0.1, 0.15) is 38.5 Å². The van der Waals surface area contributed by atoms with Gasteiger partial charge in [0, 0.05) is 19.0 Å². The van der Waals surface area contributed by atoms with Crippen molar-refractivity contribution in [3.8, 4) is 0 Å². The van der Waals surface area contributed by atoms with Crippen LogP contribution in [0.2, 0.25) is 0 Å². The van der Waals surface area contributed by atoms with Crippen molar-refractivity contribution in [3.05, 3.63) is 0 Å². The van der Waals surface area contributed by atoms with Crippen LogP contribution < -0.4 is 0 Å². The summed E-state index contributed by atoms with van der Waals surface area (Å²) in [6, 6.07) is 0. The first-order valence-electron chi connectivity index (χ1n) is 6.06. The summed E-state index contributed by atoms with van der Waals surface area (Å²) in [4.78, 5) is 24.2. The molecule has 0 N–H and O–H groups in total. The van der Waals surface area contributed by atoms with Crippen molar-refractivity contribution in [1.82, 2.24) is 4.90 Å². The number of hydrogen-bond donors (Lipinski definition) is 0. The molecule has 6 heteroatoms. The van der Waals surface area contributed by atoms with E-state index in [0.717, 1.165) is 24.2 Å². The Labute approximate surface area is 114 Å². The van der Waals surface area contributed by atoms with Crippen LogP contribution in [-0.4, -0.2) is 40.9 Å². The van der Waals surface area contributed by atoms with Gasteiger partial charge in [-0.05, 0) is 12.8 Å². The van der Waals surface area contributed by atoms with E-state index in [1.807, 2.05) is 0 Å². The highest BCUT2D eigenvalue weighted by molar-refractivity contribution is 9.09. The monoisotopic (exact) mass is 325 g/mol. The number of nitrogens with zero attached hydrogens (tertiary/aromatic N) is 1. The number of amides is 1. The van der Waals surface area contributed by atoms with Crippen LogP contribution in [-0.2, 0) is 9.59 Å². The summed E-state index contributed by atoms with van der Waals surface area (Å²) in [5, 5.41) is 0.200. The zero-order chi connectivity index (χ0) is 13.8. The Hall–Kier alpha value is -0.520. The van der Waals surface area contributed by atoms with E-state index in [-0.39, 0.29) is 17.5 Å². The van der Waals surface area contributed by atoms with Crippen molar-refractivity contribution in [3.63, 3.8) is 0 Å². The standard InChI is InChI=1S/C12H18BrF2NO2/c1-16(11(18)10(14)15)12(7-9(17)8-13)5-3-2-4-6-12/h10H,2-8H2,1H3. The Kier molecular flexibility index (Phi) is 5.69. The number of hydrogen-bond acceptors (Lipinski definition) is 2. The highest BCUT2D eigenvalue weighted by Crippen LogP contribution is 2.36. The smallest absolute Gasteiger partial charge is 0.315 e. The maximum absolute atomic E-state index is 12.5. The highest BCUT2D eigenvalue weighted by Gasteiger charge is 2.41. The average Bonchev–Trinajstić information content (AvgIpc) is 2.37. The largest absolute Gasteiger partial charge is 0.335 e. The molecule has 0 atom stereocenters. The molecule has 1 aliphatic carbocycles. The fourth-order valence-electron chi connectivity index (χ4n) is 2.64. The van der Waals surface area contributed by atoms with Gasteiger partial charge in [-0.1, -0.05) is 35.2 Å². The van der Waals surface area contributed by atoms with Gasteiger partial charge in [-0.3, -0.25) is 9.59 Å². The summed E-state index contributed by atoms with van der Waals surface area (Å²) in [7, 11) is 1.39. The van der Waals surface area contributed by atoms with Gasteiger partial charge in [0.05, 0.1) is 5.33 Å². The van der Waals surface area contributed by atoms with Crippen molar-refractivity contribution in [2.75, 3.05) is 12.4 Å². The van der Waals surface area contributed by atoms with E-state index < -0.39 is 17.9 Å². The number of carbonyl (C=O) groups excluding carboxylic acids is 2. The molecule has 1 amide bonds. The second kappa shape index (κ2) is 6.59. The first-order chi connectivity index (χ1) is 8.43. The molecule has 104 valence electrons. The number of rotatable bonds is 5. The van der Waals surface area contributed by atoms with E-state index in [1.165, 1.54) is 7.05 Å². The molecule has 0 bridgehead atoms. The molecule has 1 aliphatic rings. The maximum Gasteiger partial charge on any atom is 0.315 e. The van der Waals surface area contributed by atoms with Gasteiger partial charge in [0.1, 0.15) is 5.78 Å². The molecule has 0 saturated heterocycles. The SMILES string of the molecule is CN(C(=O)C(F)F)C1(CC(=O)CBr)CCCCC1. The van der Waals surface area contributed by atoms with Crippen molar-refractivity contribution >= 4 is 27.6 Å². The zero-order valence-corrected chi connectivity index (χ0v) is 12.0. The third kappa shape index (κ3) is 3.49. The number of halogens is 3. The lowest BCUT2D eigenvalue weighted by atomic mass is 9.77. The molecule has 0 aromatic heterocycles. The molecule has 0 spiro atoms. The second-order valence-electron chi connectivity index (χ2n) is 4.83. The second-order valence-corrected chi connectivity index (χ2v) is 5.39. The molecule has 0 unspecified atom stereocenters. The Morgan fingerprint density at radius 2 is 1.83 bits per heavy atom. The zero-order valence-electron chi connectivity index (χ0n) is 10.4. The van der Waals surface area contributed by atoms with Crippen LogP contribution in [0.15, 0.2) is 0 Å². The summed E-state index contributed by atoms with van der Waals surface area (Å²) in [6.07, 6.45) is 1.18. The Morgan fingerprint density at radius 1 is 1.28 bits per heavy atom. The molecule has 0 heterocycles. The fourth-order valence-corrected chi connectivity index (χ4v) is 2.83. The van der Waals surface area contributed by atoms with E-state index in [0.29, 0.717) is 12.8 Å². The van der Waals surface area contributed by atoms with Gasteiger partial charge >= 0.3 is 6.43 Å². The van der Waals surface area contributed by atoms with E-state index in [9.17, 15) is 18.4 Å². The van der Waals surface area contributed by atoms with Crippen molar-refractivity contribution in [2.24, 2.45) is 0 Å². The fraction of sp³-hybridized carbons (Fsp3) is 0.833. The molecule has 0 aliphatic heterocycles. The molecule has 1 fully saturated rings. The lowest BCUT2D eigenvalue weighted by Crippen LogP contribution is -2.53. The third-order valence-electron chi connectivity index (χ3n) is 3.69. The van der Waals surface area contributed by atoms with Crippen molar-refractivity contribution in [2.45, 2.75) is 50.5 Å². The molecule has 0 radical (unpaired) electrons. The summed E-state index contributed by atoms with van der Waals surface area (Å²) >= 11 is 3.08. The summed E-state index contributed by atoms with van der Waals surface area (Å²) < 4.78 is 25.1. The summed E-state index contributed by atoms with van der Waals surface area (Å²) in [6.45, 7) is 0. The van der Waals surface area contributed by atoms with Crippen LogP contribution in [0, 0.1) is 0 Å². The van der Waals surface area contributed by atoms with Gasteiger partial charge in [0.2, 0.25) is 0 Å². The van der Waals surface area contributed by atoms with E-state index in [4.69, 9.17) is 0 Å². The molecule has 1 rings (SSSR count). The van der Waals surface area contributed by atoms with E-state index in [1.54, 1.807) is 0 Å². The van der Waals surface area contributed by atoms with Crippen LogP contribution in [0.5, 0.6) is 0 Å². The van der Waals surface area contributed by atoms with Crippen LogP contribution in [0.4, 0.5) is 8.78 Å². The Balaban J connectivity index is 2.89. The van der Waals surface area contributed by atoms with Crippen LogP contribution >= 0.6 is 15.9 Å². The quantitative estimate of drug-likeness (QED) is 0.729. The molecular weight excluding hydrogens is 308 g/mol. The summed E-state index contributed by atoms with van der Waals surface area (Å²) in [5.74, 6) is -1.23. The topological polar surface area (TPSA) is 37.4 Å². The van der Waals surface area contributed by atoms with Crippen LogP contribution in [0.25, 0.3) is 0 Å². The third-order valence-corrected chi connectivity index (χ3v) is 4.31. The van der Waals surface area contributed by atoms with Crippen molar-refractivity contribution in [1.29, 1.82) is 0 Å². The first kappa shape index (κ1) is 15.5. The minimum absolute atomic E-state index is 0.0502. The molecular formula is C12H18BrF2NO2. The number of carbonyl (C=O) groups is 2. The van der Waals surface area contributed by atoms with Gasteiger partial charge in [-0.25, -0.2) is 0 Å². The minimum Gasteiger partial charge on any atom is -0.335 e. The highest BCUT2D eigenvalue weighted by atomic mass is 79.9. The molecule has 3 nitrogen and oxygen atoms in total. The molecule has 1 saturated carbocycles. The van der Waals surface area contributed by atoms with Gasteiger partial charge in [-0.2, -0.15) is 8.78 Å². The van der Waals surface area contributed by atoms with Gasteiger partial charge in [-0.15, -0.1) is 0 Å². The van der Waals surface area contributed by atoms with E-state index >= 15 is 0 Å². The maximum atomic E-state index is 12.5. The number of alkyl halides is 3. The summed E-state index contributed by atoms with van der Waals surface area (Å²) in [5.41, 5.74) is -0.712. The normalized spacial score (nSPS) is 18.7. The van der Waals surface area contributed by atoms with E-state index in [2.05, 4.69) is 15.9 Å². The predicted molar refractivity (Wildman–Crippen MR) is 68.0 cm³/mol. The Morgan fingerprint density at radius 3 is 2.28 bits per heavy atom. The minimum atomic E-state index is -3.01. The average molecular weight is 326 g/mol. The predicted octanol–water partition coefficient (Wildman–Crippen LogP) is 2.77. The molecule has 0 aromatic carbocycles. The Bertz CT molecular complexity index is 317. The number of ketones is 1. The van der Waals surface area contributed by atoms with Crippen molar-refractivity contribution < 1.29 is 18.4 Å². The molecule has 0 aromatic rings. The van der Waals surface area contributed by atoms with Gasteiger partial charge in [0.25, 0.3) is 5.91 Å².